The molecule has 2 heterocycles. The Kier molecular flexibility index (Phi) is 5.39. The lowest BCUT2D eigenvalue weighted by molar-refractivity contribution is -0.121. The van der Waals surface area contributed by atoms with Crippen molar-refractivity contribution in [2.45, 2.75) is 58.6 Å². The molecule has 0 saturated heterocycles. The molecule has 2 N–H and O–H groups in total. The molecular formula is C21H27NO6. The fourth-order valence-electron chi connectivity index (χ4n) is 3.58. The Hall–Kier alpha value is -2.54. The van der Waals surface area contributed by atoms with Crippen molar-refractivity contribution in [3.05, 3.63) is 33.2 Å². The number of ether oxygens (including phenoxy) is 2. The summed E-state index contributed by atoms with van der Waals surface area (Å²) in [5.41, 5.74) is 1.40. The van der Waals surface area contributed by atoms with Crippen LogP contribution in [0.25, 0.3) is 11.0 Å². The Morgan fingerprint density at radius 3 is 2.79 bits per heavy atom. The summed E-state index contributed by atoms with van der Waals surface area (Å²) in [5.74, 6) is 0.849. The van der Waals surface area contributed by atoms with E-state index in [0.717, 1.165) is 18.4 Å². The lowest BCUT2D eigenvalue weighted by Crippen LogP contribution is -2.37. The van der Waals surface area contributed by atoms with Gasteiger partial charge in [-0.15, -0.1) is 0 Å². The van der Waals surface area contributed by atoms with Crippen LogP contribution >= 0.6 is 0 Å². The Bertz CT molecular complexity index is 975. The van der Waals surface area contributed by atoms with Crippen LogP contribution in [0.3, 0.4) is 0 Å². The number of amides is 1. The van der Waals surface area contributed by atoms with Crippen LogP contribution in [0.5, 0.6) is 11.5 Å². The van der Waals surface area contributed by atoms with E-state index in [1.54, 1.807) is 21.0 Å². The van der Waals surface area contributed by atoms with Gasteiger partial charge in [0.25, 0.3) is 0 Å². The highest BCUT2D eigenvalue weighted by atomic mass is 16.5. The molecule has 1 aromatic heterocycles. The van der Waals surface area contributed by atoms with Gasteiger partial charge in [0.1, 0.15) is 22.7 Å². The first-order valence-corrected chi connectivity index (χ1v) is 9.42. The summed E-state index contributed by atoms with van der Waals surface area (Å²) in [6.45, 7) is 7.34. The topological polar surface area (TPSA) is 98.0 Å². The first-order chi connectivity index (χ1) is 13.2. The third-order valence-electron chi connectivity index (χ3n) is 5.18. The minimum Gasteiger partial charge on any atom is -0.496 e. The van der Waals surface area contributed by atoms with E-state index in [-0.39, 0.29) is 36.1 Å². The zero-order valence-electron chi connectivity index (χ0n) is 17.0. The van der Waals surface area contributed by atoms with Gasteiger partial charge < -0.3 is 24.3 Å². The van der Waals surface area contributed by atoms with Gasteiger partial charge in [-0.2, -0.15) is 0 Å². The largest absolute Gasteiger partial charge is 0.496 e. The van der Waals surface area contributed by atoms with E-state index >= 15 is 0 Å². The summed E-state index contributed by atoms with van der Waals surface area (Å²) in [7, 11) is 1.55. The second kappa shape index (κ2) is 7.47. The van der Waals surface area contributed by atoms with Crippen LogP contribution in [0.15, 0.2) is 15.3 Å². The van der Waals surface area contributed by atoms with Crippen molar-refractivity contribution < 1.29 is 23.8 Å². The number of aryl methyl sites for hydroxylation is 2. The molecule has 28 heavy (non-hydrogen) atoms. The SMILES string of the molecule is COc1cc2c(c3oc(=O)c(CC(=O)N[C@H](C)CO)c(C)c13)CCC(C)(C)O2. The van der Waals surface area contributed by atoms with E-state index in [1.165, 1.54) is 0 Å². The van der Waals surface area contributed by atoms with Gasteiger partial charge in [-0.1, -0.05) is 0 Å². The first kappa shape index (κ1) is 20.2. The van der Waals surface area contributed by atoms with E-state index in [0.29, 0.717) is 28.0 Å². The average molecular weight is 389 g/mol. The molecular weight excluding hydrogens is 362 g/mol. The van der Waals surface area contributed by atoms with Crippen LogP contribution in [0.2, 0.25) is 0 Å². The van der Waals surface area contributed by atoms with E-state index in [1.807, 2.05) is 19.9 Å². The van der Waals surface area contributed by atoms with Crippen LogP contribution in [0, 0.1) is 6.92 Å². The molecule has 0 fully saturated rings. The number of aliphatic hydroxyl groups is 1. The van der Waals surface area contributed by atoms with E-state index in [2.05, 4.69) is 5.32 Å². The predicted molar refractivity (Wildman–Crippen MR) is 105 cm³/mol. The van der Waals surface area contributed by atoms with Gasteiger partial charge in [0.2, 0.25) is 5.91 Å². The highest BCUT2D eigenvalue weighted by Crippen LogP contribution is 2.43. The Morgan fingerprint density at radius 1 is 1.43 bits per heavy atom. The van der Waals surface area contributed by atoms with Crippen molar-refractivity contribution in [2.75, 3.05) is 13.7 Å². The zero-order valence-corrected chi connectivity index (χ0v) is 17.0. The number of benzene rings is 1. The van der Waals surface area contributed by atoms with Crippen molar-refractivity contribution >= 4 is 16.9 Å². The molecule has 152 valence electrons. The molecule has 7 nitrogen and oxygen atoms in total. The molecule has 0 radical (unpaired) electrons. The van der Waals surface area contributed by atoms with Gasteiger partial charge in [-0.25, -0.2) is 4.79 Å². The number of aliphatic hydroxyl groups excluding tert-OH is 1. The molecule has 0 spiro atoms. The third kappa shape index (κ3) is 3.71. The van der Waals surface area contributed by atoms with Crippen LogP contribution < -0.4 is 20.4 Å². The maximum Gasteiger partial charge on any atom is 0.340 e. The number of hydrogen-bond acceptors (Lipinski definition) is 6. The molecule has 1 atom stereocenters. The third-order valence-corrected chi connectivity index (χ3v) is 5.18. The van der Waals surface area contributed by atoms with Crippen molar-refractivity contribution in [3.63, 3.8) is 0 Å². The van der Waals surface area contributed by atoms with Gasteiger partial charge in [-0.05, 0) is 46.1 Å². The van der Waals surface area contributed by atoms with Crippen LogP contribution in [-0.4, -0.2) is 36.4 Å². The standard InChI is InChI=1S/C21H27NO6/c1-11(10-23)22-17(24)8-14-12(2)18-16(26-5)9-15-13(19(18)27-20(14)25)6-7-21(3,4)28-15/h9,11,23H,6-8,10H2,1-5H3,(H,22,24)/t11-/m1/s1. The Balaban J connectivity index is 2.13. The van der Waals surface area contributed by atoms with Crippen molar-refractivity contribution in [2.24, 2.45) is 0 Å². The van der Waals surface area contributed by atoms with Gasteiger partial charge in [0.05, 0.1) is 31.1 Å². The van der Waals surface area contributed by atoms with Crippen LogP contribution in [-0.2, 0) is 17.6 Å². The monoisotopic (exact) mass is 389 g/mol. The quantitative estimate of drug-likeness (QED) is 0.761. The van der Waals surface area contributed by atoms with Crippen molar-refractivity contribution in [3.8, 4) is 11.5 Å². The van der Waals surface area contributed by atoms with E-state index in [4.69, 9.17) is 19.0 Å². The molecule has 0 unspecified atom stereocenters. The van der Waals surface area contributed by atoms with Gasteiger partial charge in [0, 0.05) is 17.7 Å². The summed E-state index contributed by atoms with van der Waals surface area (Å²) in [5, 5.41) is 12.4. The number of fused-ring (bicyclic) bond motifs is 3. The second-order valence-electron chi connectivity index (χ2n) is 7.94. The first-order valence-electron chi connectivity index (χ1n) is 9.42. The molecule has 7 heteroatoms. The minimum atomic E-state index is -0.544. The molecule has 1 aromatic carbocycles. The van der Waals surface area contributed by atoms with Gasteiger partial charge in [0.15, 0.2) is 0 Å². The van der Waals surface area contributed by atoms with Crippen molar-refractivity contribution in [1.82, 2.24) is 5.32 Å². The Labute approximate surface area is 163 Å². The fraction of sp³-hybridized carbons (Fsp3) is 0.524. The Morgan fingerprint density at radius 2 is 2.14 bits per heavy atom. The smallest absolute Gasteiger partial charge is 0.340 e. The minimum absolute atomic E-state index is 0.127. The number of methoxy groups -OCH3 is 1. The molecule has 2 aromatic rings. The normalized spacial score (nSPS) is 16.2. The number of rotatable bonds is 5. The maximum atomic E-state index is 12.7. The molecule has 0 saturated carbocycles. The lowest BCUT2D eigenvalue weighted by Gasteiger charge is -2.33. The lowest BCUT2D eigenvalue weighted by atomic mass is 9.91. The maximum absolute atomic E-state index is 12.7. The number of hydrogen-bond donors (Lipinski definition) is 2. The fourth-order valence-corrected chi connectivity index (χ4v) is 3.58. The summed E-state index contributed by atoms with van der Waals surface area (Å²) >= 11 is 0. The highest BCUT2D eigenvalue weighted by Gasteiger charge is 2.31. The summed E-state index contributed by atoms with van der Waals surface area (Å²) in [6, 6.07) is 1.44. The van der Waals surface area contributed by atoms with Gasteiger partial charge >= 0.3 is 5.63 Å². The second-order valence-corrected chi connectivity index (χ2v) is 7.94. The molecule has 0 bridgehead atoms. The van der Waals surface area contributed by atoms with E-state index in [9.17, 15) is 9.59 Å². The molecule has 3 rings (SSSR count). The van der Waals surface area contributed by atoms with Crippen LogP contribution in [0.1, 0.15) is 43.9 Å². The average Bonchev–Trinajstić information content (AvgIpc) is 2.62. The van der Waals surface area contributed by atoms with E-state index < -0.39 is 5.63 Å². The zero-order chi connectivity index (χ0) is 20.6. The molecule has 1 amide bonds. The summed E-state index contributed by atoms with van der Waals surface area (Å²) < 4.78 is 17.3. The molecule has 1 aliphatic rings. The number of carbonyl (C=O) groups is 1. The number of carbonyl (C=O) groups excluding carboxylic acids is 1. The van der Waals surface area contributed by atoms with Gasteiger partial charge in [-0.3, -0.25) is 4.79 Å². The highest BCUT2D eigenvalue weighted by molar-refractivity contribution is 5.93. The molecule has 1 aliphatic heterocycles. The van der Waals surface area contributed by atoms with Crippen molar-refractivity contribution in [1.29, 1.82) is 0 Å². The predicted octanol–water partition coefficient (Wildman–Crippen LogP) is 2.25. The number of nitrogens with one attached hydrogen (secondary N) is 1. The molecule has 0 aliphatic carbocycles. The summed E-state index contributed by atoms with van der Waals surface area (Å²) in [6.07, 6.45) is 1.39. The summed E-state index contributed by atoms with van der Waals surface area (Å²) in [4.78, 5) is 24.9. The van der Waals surface area contributed by atoms with Crippen LogP contribution in [0.4, 0.5) is 0 Å².